The molecule has 0 aliphatic rings. The van der Waals surface area contributed by atoms with Crippen molar-refractivity contribution in [2.24, 2.45) is 0 Å². The lowest BCUT2D eigenvalue weighted by atomic mass is 10.1. The van der Waals surface area contributed by atoms with Gasteiger partial charge in [0.05, 0.1) is 5.69 Å². The maximum Gasteiger partial charge on any atom is 0.435 e. The van der Waals surface area contributed by atoms with Crippen LogP contribution in [-0.2, 0) is 11.0 Å². The van der Waals surface area contributed by atoms with E-state index in [0.717, 1.165) is 18.2 Å². The molecule has 1 unspecified atom stereocenters. The molecule has 2 N–H and O–H groups in total. The highest BCUT2D eigenvalue weighted by molar-refractivity contribution is 5.96. The Morgan fingerprint density at radius 1 is 1.37 bits per heavy atom. The van der Waals surface area contributed by atoms with Crippen molar-refractivity contribution in [3.63, 3.8) is 0 Å². The molecule has 0 saturated heterocycles. The molecule has 0 fully saturated rings. The van der Waals surface area contributed by atoms with E-state index in [1.807, 2.05) is 5.32 Å². The highest BCUT2D eigenvalue weighted by Crippen LogP contribution is 2.32. The number of aromatic nitrogens is 3. The number of rotatable bonds is 7. The lowest BCUT2D eigenvalue weighted by Gasteiger charge is -2.14. The molecule has 144 valence electrons. The predicted molar refractivity (Wildman–Crippen MR) is 84.6 cm³/mol. The molecule has 0 saturated carbocycles. The van der Waals surface area contributed by atoms with Gasteiger partial charge in [0.1, 0.15) is 11.9 Å². The van der Waals surface area contributed by atoms with Crippen molar-refractivity contribution in [1.29, 1.82) is 0 Å². The van der Waals surface area contributed by atoms with E-state index in [0.29, 0.717) is 0 Å². The highest BCUT2D eigenvalue weighted by atomic mass is 19.4. The first kappa shape index (κ1) is 20.1. The Morgan fingerprint density at radius 3 is 2.63 bits per heavy atom. The van der Waals surface area contributed by atoms with Crippen molar-refractivity contribution in [1.82, 2.24) is 20.3 Å². The van der Waals surface area contributed by atoms with Gasteiger partial charge in [-0.2, -0.15) is 13.2 Å². The highest BCUT2D eigenvalue weighted by Gasteiger charge is 2.42. The molecule has 7 nitrogen and oxygen atoms in total. The number of carbonyl (C=O) groups is 2. The molecule has 0 spiro atoms. The van der Waals surface area contributed by atoms with E-state index in [4.69, 9.17) is 5.11 Å². The number of hydrogen-bond donors (Lipinski definition) is 2. The molecular formula is C16H14F4N4O3. The Labute approximate surface area is 150 Å². The average Bonchev–Trinajstić information content (AvgIpc) is 3.03. The Hall–Kier alpha value is -3.24. The van der Waals surface area contributed by atoms with Crippen molar-refractivity contribution < 1.29 is 32.3 Å². The summed E-state index contributed by atoms with van der Waals surface area (Å²) in [6.45, 7) is 3.41. The quantitative estimate of drug-likeness (QED) is 0.563. The van der Waals surface area contributed by atoms with E-state index in [1.165, 1.54) is 12.1 Å². The van der Waals surface area contributed by atoms with Crippen LogP contribution in [0.25, 0.3) is 5.69 Å². The summed E-state index contributed by atoms with van der Waals surface area (Å²) in [5, 5.41) is 17.6. The Kier molecular flexibility index (Phi) is 5.93. The fraction of sp³-hybridized carbons (Fsp3) is 0.250. The van der Waals surface area contributed by atoms with Crippen molar-refractivity contribution in [3.8, 4) is 5.69 Å². The molecule has 1 aromatic heterocycles. The summed E-state index contributed by atoms with van der Waals surface area (Å²) >= 11 is 0. The van der Waals surface area contributed by atoms with E-state index >= 15 is 0 Å². The number of alkyl halides is 3. The van der Waals surface area contributed by atoms with Crippen LogP contribution in [0, 0.1) is 5.82 Å². The molecule has 1 aromatic carbocycles. The molecule has 1 amide bonds. The number of allylic oxidation sites excluding steroid dienone is 1. The van der Waals surface area contributed by atoms with Gasteiger partial charge in [-0.15, -0.1) is 11.7 Å². The molecule has 2 aromatic rings. The van der Waals surface area contributed by atoms with Crippen LogP contribution in [0.3, 0.4) is 0 Å². The minimum Gasteiger partial charge on any atom is -0.480 e. The van der Waals surface area contributed by atoms with Crippen LogP contribution < -0.4 is 5.32 Å². The van der Waals surface area contributed by atoms with Crippen LogP contribution in [0.4, 0.5) is 17.6 Å². The molecule has 0 aliphatic heterocycles. The summed E-state index contributed by atoms with van der Waals surface area (Å²) in [5.41, 5.74) is -2.95. The number of amides is 1. The molecular weight excluding hydrogens is 372 g/mol. The smallest absolute Gasteiger partial charge is 0.435 e. The molecule has 1 heterocycles. The zero-order valence-electron chi connectivity index (χ0n) is 13.7. The summed E-state index contributed by atoms with van der Waals surface area (Å²) < 4.78 is 54.1. The average molecular weight is 386 g/mol. The number of carboxylic acid groups (broad SMARTS) is 1. The second-order valence-electron chi connectivity index (χ2n) is 5.41. The third kappa shape index (κ3) is 4.68. The number of carbonyl (C=O) groups excluding carboxylic acids is 1. The summed E-state index contributed by atoms with van der Waals surface area (Å²) in [7, 11) is 0. The van der Waals surface area contributed by atoms with Crippen LogP contribution in [-0.4, -0.2) is 38.0 Å². The summed E-state index contributed by atoms with van der Waals surface area (Å²) in [4.78, 5) is 23.4. The zero-order chi connectivity index (χ0) is 20.2. The van der Waals surface area contributed by atoms with Crippen molar-refractivity contribution in [2.75, 3.05) is 0 Å². The van der Waals surface area contributed by atoms with Gasteiger partial charge in [-0.1, -0.05) is 17.4 Å². The van der Waals surface area contributed by atoms with Gasteiger partial charge in [0, 0.05) is 0 Å². The molecule has 0 radical (unpaired) electrons. The molecule has 27 heavy (non-hydrogen) atoms. The van der Waals surface area contributed by atoms with Crippen LogP contribution in [0.15, 0.2) is 36.9 Å². The normalized spacial score (nSPS) is 12.4. The topological polar surface area (TPSA) is 97.1 Å². The second kappa shape index (κ2) is 7.98. The third-order valence-corrected chi connectivity index (χ3v) is 3.47. The van der Waals surface area contributed by atoms with Gasteiger partial charge in [0.15, 0.2) is 11.4 Å². The fourth-order valence-corrected chi connectivity index (χ4v) is 2.25. The van der Waals surface area contributed by atoms with Crippen molar-refractivity contribution in [3.05, 3.63) is 54.1 Å². The number of aliphatic carboxylic acids is 1. The van der Waals surface area contributed by atoms with E-state index in [9.17, 15) is 27.2 Å². The van der Waals surface area contributed by atoms with E-state index in [1.54, 1.807) is 0 Å². The Bertz CT molecular complexity index is 864. The number of halogens is 4. The Morgan fingerprint density at radius 2 is 2.07 bits per heavy atom. The van der Waals surface area contributed by atoms with Crippen LogP contribution in [0.2, 0.25) is 0 Å². The SMILES string of the molecule is C=CCCC(NC(=O)c1nnn(-c2cccc(F)c2)c1C(F)(F)F)C(=O)O. The first-order chi connectivity index (χ1) is 12.6. The van der Waals surface area contributed by atoms with Gasteiger partial charge in [-0.25, -0.2) is 13.9 Å². The lowest BCUT2D eigenvalue weighted by molar-refractivity contribution is -0.143. The fourth-order valence-electron chi connectivity index (χ4n) is 2.25. The maximum absolute atomic E-state index is 13.5. The van der Waals surface area contributed by atoms with Gasteiger partial charge >= 0.3 is 12.1 Å². The first-order valence-corrected chi connectivity index (χ1v) is 7.58. The molecule has 2 rings (SSSR count). The number of benzene rings is 1. The van der Waals surface area contributed by atoms with E-state index in [-0.39, 0.29) is 23.2 Å². The number of hydrogen-bond acceptors (Lipinski definition) is 4. The van der Waals surface area contributed by atoms with Gasteiger partial charge in [0.2, 0.25) is 0 Å². The Balaban J connectivity index is 2.43. The predicted octanol–water partition coefficient (Wildman–Crippen LogP) is 2.57. The minimum absolute atomic E-state index is 0.0655. The summed E-state index contributed by atoms with van der Waals surface area (Å²) in [6.07, 6.45) is -3.49. The van der Waals surface area contributed by atoms with Crippen LogP contribution in [0.1, 0.15) is 29.0 Å². The standard InChI is InChI=1S/C16H14F4N4O3/c1-2-3-7-11(15(26)27)21-14(25)12-13(16(18,19)20)24(23-22-12)10-6-4-5-9(17)8-10/h2,4-6,8,11H,1,3,7H2,(H,21,25)(H,26,27). The molecule has 1 atom stereocenters. The zero-order valence-corrected chi connectivity index (χ0v) is 13.7. The minimum atomic E-state index is -5.05. The summed E-state index contributed by atoms with van der Waals surface area (Å²) in [5.74, 6) is -3.59. The van der Waals surface area contributed by atoms with Crippen molar-refractivity contribution in [2.45, 2.75) is 25.1 Å². The van der Waals surface area contributed by atoms with E-state index < -0.39 is 41.3 Å². The lowest BCUT2D eigenvalue weighted by Crippen LogP contribution is -2.41. The van der Waals surface area contributed by atoms with Crippen LogP contribution in [0.5, 0.6) is 0 Å². The summed E-state index contributed by atoms with van der Waals surface area (Å²) in [6, 6.07) is 2.70. The second-order valence-corrected chi connectivity index (χ2v) is 5.41. The van der Waals surface area contributed by atoms with Gasteiger partial charge < -0.3 is 10.4 Å². The van der Waals surface area contributed by atoms with Gasteiger partial charge in [0.25, 0.3) is 5.91 Å². The first-order valence-electron chi connectivity index (χ1n) is 7.58. The monoisotopic (exact) mass is 386 g/mol. The van der Waals surface area contributed by atoms with E-state index in [2.05, 4.69) is 16.9 Å². The maximum atomic E-state index is 13.5. The largest absolute Gasteiger partial charge is 0.480 e. The van der Waals surface area contributed by atoms with Gasteiger partial charge in [-0.3, -0.25) is 4.79 Å². The van der Waals surface area contributed by atoms with Gasteiger partial charge in [-0.05, 0) is 31.0 Å². The molecule has 0 aliphatic carbocycles. The molecule has 11 heteroatoms. The number of nitrogens with one attached hydrogen (secondary N) is 1. The van der Waals surface area contributed by atoms with Crippen LogP contribution >= 0.6 is 0 Å². The number of carboxylic acids is 1. The molecule has 0 bridgehead atoms. The number of nitrogens with zero attached hydrogens (tertiary/aromatic N) is 3. The van der Waals surface area contributed by atoms with Crippen molar-refractivity contribution >= 4 is 11.9 Å². The third-order valence-electron chi connectivity index (χ3n) is 3.47.